The standard InChI is InChI=1S/C11H13ClN2O/c1-7(15)13-6-8-5-9-10(12)3-2-4-11(9)14-8/h2-4,8,14H,5-6H2,1H3,(H,13,15). The molecular formula is C11H13ClN2O. The van der Waals surface area contributed by atoms with Crippen molar-refractivity contribution in [2.24, 2.45) is 0 Å². The summed E-state index contributed by atoms with van der Waals surface area (Å²) in [5, 5.41) is 6.93. The van der Waals surface area contributed by atoms with E-state index < -0.39 is 0 Å². The number of amides is 1. The number of anilines is 1. The minimum atomic E-state index is -0.00106. The van der Waals surface area contributed by atoms with Crippen LogP contribution in [0.1, 0.15) is 12.5 Å². The second-order valence-corrected chi connectivity index (χ2v) is 4.16. The van der Waals surface area contributed by atoms with Crippen molar-refractivity contribution in [2.45, 2.75) is 19.4 Å². The van der Waals surface area contributed by atoms with Crippen LogP contribution < -0.4 is 10.6 Å². The lowest BCUT2D eigenvalue weighted by atomic mass is 10.1. The van der Waals surface area contributed by atoms with Gasteiger partial charge in [-0.1, -0.05) is 17.7 Å². The Morgan fingerprint density at radius 2 is 2.47 bits per heavy atom. The van der Waals surface area contributed by atoms with E-state index in [4.69, 9.17) is 11.6 Å². The maximum Gasteiger partial charge on any atom is 0.216 e. The molecule has 3 nitrogen and oxygen atoms in total. The van der Waals surface area contributed by atoms with Crippen LogP contribution in [0.3, 0.4) is 0 Å². The van der Waals surface area contributed by atoms with Gasteiger partial charge in [0, 0.05) is 30.2 Å². The van der Waals surface area contributed by atoms with Crippen molar-refractivity contribution in [3.8, 4) is 0 Å². The normalized spacial score (nSPS) is 18.1. The van der Waals surface area contributed by atoms with Crippen LogP contribution in [-0.4, -0.2) is 18.5 Å². The molecule has 80 valence electrons. The number of halogens is 1. The predicted molar refractivity (Wildman–Crippen MR) is 61.3 cm³/mol. The van der Waals surface area contributed by atoms with Crippen molar-refractivity contribution >= 4 is 23.2 Å². The monoisotopic (exact) mass is 224 g/mol. The van der Waals surface area contributed by atoms with E-state index in [0.717, 1.165) is 22.7 Å². The third-order valence-corrected chi connectivity index (χ3v) is 2.88. The maximum absolute atomic E-state index is 10.8. The third-order valence-electron chi connectivity index (χ3n) is 2.53. The largest absolute Gasteiger partial charge is 0.380 e. The highest BCUT2D eigenvalue weighted by Crippen LogP contribution is 2.31. The van der Waals surface area contributed by atoms with Gasteiger partial charge >= 0.3 is 0 Å². The molecular weight excluding hydrogens is 212 g/mol. The summed E-state index contributed by atoms with van der Waals surface area (Å²) in [5.41, 5.74) is 2.23. The maximum atomic E-state index is 10.8. The number of carbonyl (C=O) groups excluding carboxylic acids is 1. The highest BCUT2D eigenvalue weighted by molar-refractivity contribution is 6.31. The van der Waals surface area contributed by atoms with Gasteiger partial charge in [0.1, 0.15) is 0 Å². The molecule has 2 rings (SSSR count). The minimum Gasteiger partial charge on any atom is -0.380 e. The molecule has 1 aromatic rings. The van der Waals surface area contributed by atoms with E-state index in [-0.39, 0.29) is 11.9 Å². The molecule has 0 bridgehead atoms. The van der Waals surface area contributed by atoms with Crippen molar-refractivity contribution in [1.82, 2.24) is 5.32 Å². The fraction of sp³-hybridized carbons (Fsp3) is 0.364. The molecule has 15 heavy (non-hydrogen) atoms. The van der Waals surface area contributed by atoms with E-state index in [1.165, 1.54) is 6.92 Å². The number of fused-ring (bicyclic) bond motifs is 1. The Labute approximate surface area is 93.8 Å². The van der Waals surface area contributed by atoms with Gasteiger partial charge in [-0.2, -0.15) is 0 Å². The second kappa shape index (κ2) is 4.11. The first-order valence-electron chi connectivity index (χ1n) is 4.95. The summed E-state index contributed by atoms with van der Waals surface area (Å²) in [6.45, 7) is 2.16. The Bertz CT molecular complexity index is 392. The fourth-order valence-corrected chi connectivity index (χ4v) is 2.06. The van der Waals surface area contributed by atoms with Gasteiger partial charge in [0.2, 0.25) is 5.91 Å². The molecule has 4 heteroatoms. The average molecular weight is 225 g/mol. The number of rotatable bonds is 2. The molecule has 1 aliphatic rings. The summed E-state index contributed by atoms with van der Waals surface area (Å²) in [4.78, 5) is 10.8. The first-order chi connectivity index (χ1) is 7.16. The Morgan fingerprint density at radius 3 is 3.13 bits per heavy atom. The molecule has 0 spiro atoms. The summed E-state index contributed by atoms with van der Waals surface area (Å²) in [5.74, 6) is -0.00106. The molecule has 2 N–H and O–H groups in total. The lowest BCUT2D eigenvalue weighted by Gasteiger charge is -2.10. The molecule has 0 saturated heterocycles. The Hall–Kier alpha value is -1.22. The van der Waals surface area contributed by atoms with Crippen molar-refractivity contribution in [3.05, 3.63) is 28.8 Å². The predicted octanol–water partition coefficient (Wildman–Crippen LogP) is 1.81. The van der Waals surface area contributed by atoms with Crippen LogP contribution in [0.15, 0.2) is 18.2 Å². The molecule has 1 amide bonds. The van der Waals surface area contributed by atoms with Crippen LogP contribution in [0.4, 0.5) is 5.69 Å². The fourth-order valence-electron chi connectivity index (χ4n) is 1.81. The van der Waals surface area contributed by atoms with Gasteiger partial charge in [-0.25, -0.2) is 0 Å². The molecule has 0 radical (unpaired) electrons. The van der Waals surface area contributed by atoms with Gasteiger partial charge in [-0.3, -0.25) is 4.79 Å². The zero-order valence-corrected chi connectivity index (χ0v) is 9.27. The van der Waals surface area contributed by atoms with E-state index in [2.05, 4.69) is 10.6 Å². The lowest BCUT2D eigenvalue weighted by molar-refractivity contribution is -0.118. The summed E-state index contributed by atoms with van der Waals surface area (Å²) >= 11 is 6.07. The summed E-state index contributed by atoms with van der Waals surface area (Å²) in [6, 6.07) is 6.08. The molecule has 0 aromatic heterocycles. The first-order valence-corrected chi connectivity index (χ1v) is 5.33. The first kappa shape index (κ1) is 10.3. The highest BCUT2D eigenvalue weighted by Gasteiger charge is 2.22. The summed E-state index contributed by atoms with van der Waals surface area (Å²) in [7, 11) is 0. The quantitative estimate of drug-likeness (QED) is 0.805. The number of nitrogens with one attached hydrogen (secondary N) is 2. The molecule has 0 saturated carbocycles. The minimum absolute atomic E-state index is 0.00106. The SMILES string of the molecule is CC(=O)NCC1Cc2c(Cl)cccc2N1. The van der Waals surface area contributed by atoms with Crippen LogP contribution in [0.2, 0.25) is 5.02 Å². The number of hydrogen-bond donors (Lipinski definition) is 2. The van der Waals surface area contributed by atoms with E-state index in [9.17, 15) is 4.79 Å². The van der Waals surface area contributed by atoms with Crippen LogP contribution in [-0.2, 0) is 11.2 Å². The number of hydrogen-bond acceptors (Lipinski definition) is 2. The van der Waals surface area contributed by atoms with E-state index in [0.29, 0.717) is 6.54 Å². The highest BCUT2D eigenvalue weighted by atomic mass is 35.5. The van der Waals surface area contributed by atoms with E-state index >= 15 is 0 Å². The van der Waals surface area contributed by atoms with Crippen LogP contribution in [0.25, 0.3) is 0 Å². The van der Waals surface area contributed by atoms with Crippen LogP contribution in [0.5, 0.6) is 0 Å². The van der Waals surface area contributed by atoms with Gasteiger partial charge in [0.15, 0.2) is 0 Å². The van der Waals surface area contributed by atoms with Crippen molar-refractivity contribution < 1.29 is 4.79 Å². The summed E-state index contributed by atoms with van der Waals surface area (Å²) in [6.07, 6.45) is 0.870. The summed E-state index contributed by atoms with van der Waals surface area (Å²) < 4.78 is 0. The third kappa shape index (κ3) is 2.23. The van der Waals surface area contributed by atoms with Gasteiger partial charge in [0.25, 0.3) is 0 Å². The van der Waals surface area contributed by atoms with Gasteiger partial charge < -0.3 is 10.6 Å². The average Bonchev–Trinajstić information content (AvgIpc) is 2.59. The molecule has 1 heterocycles. The van der Waals surface area contributed by atoms with Crippen molar-refractivity contribution in [2.75, 3.05) is 11.9 Å². The Kier molecular flexibility index (Phi) is 2.82. The molecule has 1 atom stereocenters. The molecule has 0 aliphatic carbocycles. The van der Waals surface area contributed by atoms with Gasteiger partial charge in [-0.05, 0) is 24.1 Å². The zero-order chi connectivity index (χ0) is 10.8. The molecule has 0 fully saturated rings. The number of benzene rings is 1. The molecule has 1 aromatic carbocycles. The van der Waals surface area contributed by atoms with Crippen LogP contribution >= 0.6 is 11.6 Å². The van der Waals surface area contributed by atoms with Gasteiger partial charge in [-0.15, -0.1) is 0 Å². The molecule has 1 unspecified atom stereocenters. The topological polar surface area (TPSA) is 41.1 Å². The van der Waals surface area contributed by atoms with E-state index in [1.807, 2.05) is 18.2 Å². The zero-order valence-electron chi connectivity index (χ0n) is 8.51. The number of carbonyl (C=O) groups is 1. The van der Waals surface area contributed by atoms with Gasteiger partial charge in [0.05, 0.1) is 0 Å². The molecule has 1 aliphatic heterocycles. The van der Waals surface area contributed by atoms with Crippen molar-refractivity contribution in [1.29, 1.82) is 0 Å². The smallest absolute Gasteiger partial charge is 0.216 e. The second-order valence-electron chi connectivity index (χ2n) is 3.75. The Morgan fingerprint density at radius 1 is 1.67 bits per heavy atom. The van der Waals surface area contributed by atoms with Crippen molar-refractivity contribution in [3.63, 3.8) is 0 Å². The Balaban J connectivity index is 2.03. The van der Waals surface area contributed by atoms with Crippen LogP contribution in [0, 0.1) is 0 Å². The lowest BCUT2D eigenvalue weighted by Crippen LogP contribution is -2.33. The van der Waals surface area contributed by atoms with E-state index in [1.54, 1.807) is 0 Å².